The lowest BCUT2D eigenvalue weighted by atomic mass is 10.1. The summed E-state index contributed by atoms with van der Waals surface area (Å²) in [4.78, 5) is 39.6. The van der Waals surface area contributed by atoms with E-state index in [-0.39, 0.29) is 36.9 Å². The fourth-order valence-corrected chi connectivity index (χ4v) is 3.97. The third-order valence-electron chi connectivity index (χ3n) is 5.91. The van der Waals surface area contributed by atoms with E-state index in [1.54, 1.807) is 23.1 Å². The highest BCUT2D eigenvalue weighted by Crippen LogP contribution is 2.27. The highest BCUT2D eigenvalue weighted by molar-refractivity contribution is 6.00. The predicted molar refractivity (Wildman–Crippen MR) is 123 cm³/mol. The average molecular weight is 428 g/mol. The van der Waals surface area contributed by atoms with Crippen molar-refractivity contribution in [3.63, 3.8) is 0 Å². The molecule has 1 aliphatic heterocycles. The molecule has 1 aliphatic rings. The molecule has 0 radical (unpaired) electrons. The summed E-state index contributed by atoms with van der Waals surface area (Å²) in [7, 11) is 0. The molecule has 4 rings (SSSR count). The van der Waals surface area contributed by atoms with Gasteiger partial charge < -0.3 is 10.2 Å². The SMILES string of the molecule is C#CCn1nc(CNC(=O)C2CC(=O)N(c3ccc(C)c(C)c3)C2)c2ccccc2c1=O. The smallest absolute Gasteiger partial charge is 0.275 e. The second-order valence-corrected chi connectivity index (χ2v) is 8.05. The van der Waals surface area contributed by atoms with Gasteiger partial charge in [0.05, 0.1) is 23.5 Å². The number of nitrogens with one attached hydrogen (secondary N) is 1. The molecule has 1 atom stereocenters. The van der Waals surface area contributed by atoms with Gasteiger partial charge in [0.25, 0.3) is 5.56 Å². The van der Waals surface area contributed by atoms with Crippen LogP contribution in [0.1, 0.15) is 23.2 Å². The van der Waals surface area contributed by atoms with E-state index in [1.165, 1.54) is 4.68 Å². The molecule has 0 aliphatic carbocycles. The van der Waals surface area contributed by atoms with Gasteiger partial charge in [-0.2, -0.15) is 5.10 Å². The van der Waals surface area contributed by atoms with Crippen molar-refractivity contribution in [2.75, 3.05) is 11.4 Å². The molecule has 1 saturated heterocycles. The van der Waals surface area contributed by atoms with E-state index < -0.39 is 5.92 Å². The van der Waals surface area contributed by atoms with E-state index in [9.17, 15) is 14.4 Å². The first kappa shape index (κ1) is 21.3. The number of rotatable bonds is 5. The van der Waals surface area contributed by atoms with Crippen molar-refractivity contribution in [1.29, 1.82) is 0 Å². The summed E-state index contributed by atoms with van der Waals surface area (Å²) in [5, 5.41) is 8.41. The van der Waals surface area contributed by atoms with Gasteiger partial charge in [0.1, 0.15) is 6.54 Å². The summed E-state index contributed by atoms with van der Waals surface area (Å²) in [5.74, 6) is 1.69. The van der Waals surface area contributed by atoms with Crippen molar-refractivity contribution in [3.8, 4) is 12.3 Å². The lowest BCUT2D eigenvalue weighted by Gasteiger charge is -2.18. The van der Waals surface area contributed by atoms with Gasteiger partial charge >= 0.3 is 0 Å². The zero-order valence-electron chi connectivity index (χ0n) is 18.1. The van der Waals surface area contributed by atoms with Gasteiger partial charge in [-0.15, -0.1) is 6.42 Å². The maximum atomic E-state index is 12.9. The fraction of sp³-hybridized carbons (Fsp3) is 0.280. The molecule has 162 valence electrons. The molecule has 2 heterocycles. The molecule has 0 spiro atoms. The Hall–Kier alpha value is -3.92. The Balaban J connectivity index is 1.51. The third kappa shape index (κ3) is 4.00. The van der Waals surface area contributed by atoms with Crippen LogP contribution in [0.2, 0.25) is 0 Å². The Labute approximate surface area is 186 Å². The number of hydrogen-bond acceptors (Lipinski definition) is 4. The molecule has 1 unspecified atom stereocenters. The monoisotopic (exact) mass is 428 g/mol. The molecule has 1 aromatic heterocycles. The summed E-state index contributed by atoms with van der Waals surface area (Å²) in [6, 6.07) is 13.0. The molecule has 7 nitrogen and oxygen atoms in total. The average Bonchev–Trinajstić information content (AvgIpc) is 3.18. The van der Waals surface area contributed by atoms with Gasteiger partial charge in [0.15, 0.2) is 0 Å². The summed E-state index contributed by atoms with van der Waals surface area (Å²) < 4.78 is 1.23. The van der Waals surface area contributed by atoms with Crippen LogP contribution in [0.25, 0.3) is 10.8 Å². The normalized spacial score (nSPS) is 15.7. The number of hydrogen-bond donors (Lipinski definition) is 1. The Morgan fingerprint density at radius 2 is 1.91 bits per heavy atom. The summed E-state index contributed by atoms with van der Waals surface area (Å²) in [6.07, 6.45) is 5.52. The largest absolute Gasteiger partial charge is 0.350 e. The lowest BCUT2D eigenvalue weighted by Crippen LogP contribution is -2.34. The highest BCUT2D eigenvalue weighted by Gasteiger charge is 2.35. The number of carbonyl (C=O) groups excluding carboxylic acids is 2. The highest BCUT2D eigenvalue weighted by atomic mass is 16.2. The topological polar surface area (TPSA) is 84.3 Å². The van der Waals surface area contributed by atoms with Crippen LogP contribution >= 0.6 is 0 Å². The first-order chi connectivity index (χ1) is 15.4. The van der Waals surface area contributed by atoms with E-state index in [1.807, 2.05) is 38.1 Å². The van der Waals surface area contributed by atoms with Crippen LogP contribution < -0.4 is 15.8 Å². The number of carbonyl (C=O) groups is 2. The second kappa shape index (κ2) is 8.67. The molecule has 7 heteroatoms. The fourth-order valence-electron chi connectivity index (χ4n) is 3.97. The van der Waals surface area contributed by atoms with Crippen molar-refractivity contribution in [2.45, 2.75) is 33.4 Å². The molecule has 2 amide bonds. The van der Waals surface area contributed by atoms with Crippen molar-refractivity contribution >= 4 is 28.3 Å². The minimum absolute atomic E-state index is 0.0483. The van der Waals surface area contributed by atoms with Gasteiger partial charge in [-0.1, -0.05) is 30.2 Å². The van der Waals surface area contributed by atoms with Gasteiger partial charge in [-0.25, -0.2) is 4.68 Å². The van der Waals surface area contributed by atoms with Crippen LogP contribution in [0.15, 0.2) is 47.3 Å². The number of aryl methyl sites for hydroxylation is 2. The van der Waals surface area contributed by atoms with Crippen LogP contribution in [0.3, 0.4) is 0 Å². The molecular weight excluding hydrogens is 404 g/mol. The van der Waals surface area contributed by atoms with Gasteiger partial charge in [0.2, 0.25) is 11.8 Å². The molecule has 1 fully saturated rings. The number of benzene rings is 2. The minimum atomic E-state index is -0.452. The van der Waals surface area contributed by atoms with Crippen LogP contribution in [0.5, 0.6) is 0 Å². The number of anilines is 1. The number of terminal acetylenes is 1. The number of nitrogens with zero attached hydrogens (tertiary/aromatic N) is 3. The van der Waals surface area contributed by atoms with Crippen LogP contribution in [-0.2, 0) is 22.7 Å². The van der Waals surface area contributed by atoms with Crippen molar-refractivity contribution in [2.24, 2.45) is 5.92 Å². The lowest BCUT2D eigenvalue weighted by molar-refractivity contribution is -0.126. The maximum Gasteiger partial charge on any atom is 0.275 e. The molecular formula is C25H24N4O3. The quantitative estimate of drug-likeness (QED) is 0.632. The molecule has 32 heavy (non-hydrogen) atoms. The van der Waals surface area contributed by atoms with Gasteiger partial charge in [0, 0.05) is 24.0 Å². The summed E-state index contributed by atoms with van der Waals surface area (Å²) in [6.45, 7) is 4.54. The predicted octanol–water partition coefficient (Wildman–Crippen LogP) is 2.32. The Morgan fingerprint density at radius 3 is 2.62 bits per heavy atom. The van der Waals surface area contributed by atoms with E-state index in [2.05, 4.69) is 16.3 Å². The molecule has 2 aromatic carbocycles. The summed E-state index contributed by atoms with van der Waals surface area (Å²) >= 11 is 0. The van der Waals surface area contributed by atoms with Crippen molar-refractivity contribution in [1.82, 2.24) is 15.1 Å². The van der Waals surface area contributed by atoms with Gasteiger partial charge in [-0.05, 0) is 43.2 Å². The first-order valence-electron chi connectivity index (χ1n) is 10.5. The van der Waals surface area contributed by atoms with E-state index in [4.69, 9.17) is 6.42 Å². The minimum Gasteiger partial charge on any atom is -0.350 e. The molecule has 0 bridgehead atoms. The van der Waals surface area contributed by atoms with Crippen LogP contribution in [0, 0.1) is 32.1 Å². The Morgan fingerprint density at radius 1 is 1.16 bits per heavy atom. The number of aromatic nitrogens is 2. The van der Waals surface area contributed by atoms with E-state index in [0.29, 0.717) is 23.0 Å². The van der Waals surface area contributed by atoms with Crippen molar-refractivity contribution < 1.29 is 9.59 Å². The number of fused-ring (bicyclic) bond motifs is 1. The Kier molecular flexibility index (Phi) is 5.78. The van der Waals surface area contributed by atoms with Crippen molar-refractivity contribution in [3.05, 3.63) is 69.6 Å². The Bertz CT molecular complexity index is 1320. The van der Waals surface area contributed by atoms with E-state index in [0.717, 1.165) is 16.8 Å². The maximum absolute atomic E-state index is 12.9. The third-order valence-corrected chi connectivity index (χ3v) is 5.91. The van der Waals surface area contributed by atoms with Gasteiger partial charge in [-0.3, -0.25) is 14.4 Å². The number of amides is 2. The zero-order chi connectivity index (χ0) is 22.8. The second-order valence-electron chi connectivity index (χ2n) is 8.05. The van der Waals surface area contributed by atoms with E-state index >= 15 is 0 Å². The van der Waals surface area contributed by atoms with Crippen LogP contribution in [0.4, 0.5) is 5.69 Å². The standard InChI is InChI=1S/C25H24N4O3/c1-4-11-29-25(32)21-8-6-5-7-20(21)22(27-29)14-26-24(31)18-13-23(30)28(15-18)19-10-9-16(2)17(3)12-19/h1,5-10,12,18H,11,13-15H2,2-3H3,(H,26,31). The molecule has 3 aromatic rings. The summed E-state index contributed by atoms with van der Waals surface area (Å²) in [5.41, 5.74) is 3.35. The van der Waals surface area contributed by atoms with Crippen LogP contribution in [-0.4, -0.2) is 28.1 Å². The first-order valence-corrected chi connectivity index (χ1v) is 10.5. The molecule has 0 saturated carbocycles. The molecule has 1 N–H and O–H groups in total. The zero-order valence-corrected chi connectivity index (χ0v) is 18.1.